The van der Waals surface area contributed by atoms with Gasteiger partial charge in [0.15, 0.2) is 22.5 Å². The highest BCUT2D eigenvalue weighted by atomic mass is 32.2. The molecule has 6 nitrogen and oxygen atoms in total. The van der Waals surface area contributed by atoms with E-state index in [4.69, 9.17) is 4.74 Å². The Morgan fingerprint density at radius 3 is 2.38 bits per heavy atom. The monoisotopic (exact) mass is 480 g/mol. The third kappa shape index (κ3) is 5.43. The molecule has 0 N–H and O–H groups in total. The van der Waals surface area contributed by atoms with Gasteiger partial charge in [-0.3, -0.25) is 9.36 Å². The van der Waals surface area contributed by atoms with Crippen molar-refractivity contribution in [2.75, 3.05) is 17.2 Å². The summed E-state index contributed by atoms with van der Waals surface area (Å²) in [5.74, 6) is -0.283. The van der Waals surface area contributed by atoms with Crippen LogP contribution in [0.1, 0.15) is 12.7 Å². The molecule has 0 saturated heterocycles. The summed E-state index contributed by atoms with van der Waals surface area (Å²) < 4.78 is 34.7. The molecule has 4 aromatic rings. The van der Waals surface area contributed by atoms with Crippen LogP contribution in [0.5, 0.6) is 5.75 Å². The molecule has 34 heavy (non-hydrogen) atoms. The molecule has 0 radical (unpaired) electrons. The molecule has 0 fully saturated rings. The number of hydrogen-bond donors (Lipinski definition) is 0. The van der Waals surface area contributed by atoms with Crippen molar-refractivity contribution in [2.45, 2.75) is 18.7 Å². The van der Waals surface area contributed by atoms with Gasteiger partial charge in [0, 0.05) is 17.9 Å². The maximum atomic E-state index is 14.0. The summed E-state index contributed by atoms with van der Waals surface area (Å²) in [5, 5.41) is 8.98. The molecule has 1 heterocycles. The lowest BCUT2D eigenvalue weighted by atomic mass is 10.3. The molecule has 174 valence electrons. The highest BCUT2D eigenvalue weighted by Gasteiger charge is 2.19. The molecule has 0 aliphatic carbocycles. The Morgan fingerprint density at radius 1 is 0.971 bits per heavy atom. The summed E-state index contributed by atoms with van der Waals surface area (Å²) in [7, 11) is 0. The van der Waals surface area contributed by atoms with Crippen LogP contribution in [0.4, 0.5) is 14.5 Å². The zero-order valence-corrected chi connectivity index (χ0v) is 19.2. The van der Waals surface area contributed by atoms with Crippen LogP contribution in [0, 0.1) is 11.6 Å². The van der Waals surface area contributed by atoms with Crippen LogP contribution in [0.3, 0.4) is 0 Å². The Bertz CT molecular complexity index is 1250. The average Bonchev–Trinajstić information content (AvgIpc) is 3.27. The third-order valence-corrected chi connectivity index (χ3v) is 5.90. The van der Waals surface area contributed by atoms with E-state index in [-0.39, 0.29) is 29.8 Å². The molecule has 3 aromatic carbocycles. The molecule has 1 amide bonds. The number of anilines is 1. The van der Waals surface area contributed by atoms with E-state index >= 15 is 0 Å². The zero-order chi connectivity index (χ0) is 23.9. The van der Waals surface area contributed by atoms with E-state index in [0.29, 0.717) is 23.2 Å². The number of halogens is 2. The summed E-state index contributed by atoms with van der Waals surface area (Å²) in [6.07, 6.45) is 0. The SMILES string of the molecule is CCN(C(=O)CSc1nnc(COc2ccccc2F)n1-c1ccccc1)c1ccc(F)cc1. The van der Waals surface area contributed by atoms with Crippen LogP contribution in [0.2, 0.25) is 0 Å². The second-order valence-corrected chi connectivity index (χ2v) is 8.13. The molecule has 4 rings (SSSR count). The fraction of sp³-hybridized carbons (Fsp3) is 0.160. The largest absolute Gasteiger partial charge is 0.483 e. The number of carbonyl (C=O) groups is 1. The molecule has 0 atom stereocenters. The Morgan fingerprint density at radius 2 is 1.68 bits per heavy atom. The maximum absolute atomic E-state index is 14.0. The molecular formula is C25H22F2N4O2S. The second kappa shape index (κ2) is 10.9. The first kappa shape index (κ1) is 23.4. The Labute approximate surface area is 200 Å². The van der Waals surface area contributed by atoms with Gasteiger partial charge in [-0.05, 0) is 55.5 Å². The number of aromatic nitrogens is 3. The van der Waals surface area contributed by atoms with Crippen molar-refractivity contribution in [1.29, 1.82) is 0 Å². The van der Waals surface area contributed by atoms with E-state index in [1.807, 2.05) is 37.3 Å². The summed E-state index contributed by atoms with van der Waals surface area (Å²) >= 11 is 1.23. The number of benzene rings is 3. The molecule has 0 bridgehead atoms. The van der Waals surface area contributed by atoms with Crippen LogP contribution in [0.25, 0.3) is 5.69 Å². The minimum absolute atomic E-state index is 0.00595. The Kier molecular flexibility index (Phi) is 7.54. The second-order valence-electron chi connectivity index (χ2n) is 7.19. The van der Waals surface area contributed by atoms with E-state index in [1.54, 1.807) is 39.8 Å². The van der Waals surface area contributed by atoms with Gasteiger partial charge in [0.1, 0.15) is 12.4 Å². The van der Waals surface area contributed by atoms with Gasteiger partial charge in [0.05, 0.1) is 5.75 Å². The number of ether oxygens (including phenoxy) is 1. The summed E-state index contributed by atoms with van der Waals surface area (Å²) in [4.78, 5) is 14.5. The van der Waals surface area contributed by atoms with Gasteiger partial charge < -0.3 is 9.64 Å². The van der Waals surface area contributed by atoms with Crippen LogP contribution < -0.4 is 9.64 Å². The number of para-hydroxylation sites is 2. The molecule has 0 aliphatic heterocycles. The van der Waals surface area contributed by atoms with E-state index < -0.39 is 5.82 Å². The number of hydrogen-bond acceptors (Lipinski definition) is 5. The number of rotatable bonds is 9. The summed E-state index contributed by atoms with van der Waals surface area (Å²) in [6, 6.07) is 21.4. The van der Waals surface area contributed by atoms with Gasteiger partial charge in [-0.15, -0.1) is 10.2 Å². The Hall–Kier alpha value is -3.72. The minimum atomic E-state index is -0.464. The maximum Gasteiger partial charge on any atom is 0.237 e. The van der Waals surface area contributed by atoms with Crippen molar-refractivity contribution in [2.24, 2.45) is 0 Å². The highest BCUT2D eigenvalue weighted by Crippen LogP contribution is 2.25. The number of nitrogens with zero attached hydrogens (tertiary/aromatic N) is 4. The number of thioether (sulfide) groups is 1. The zero-order valence-electron chi connectivity index (χ0n) is 18.4. The predicted molar refractivity (Wildman–Crippen MR) is 127 cm³/mol. The first-order valence-corrected chi connectivity index (χ1v) is 11.6. The van der Waals surface area contributed by atoms with Crippen molar-refractivity contribution in [1.82, 2.24) is 14.8 Å². The first-order valence-electron chi connectivity index (χ1n) is 10.6. The fourth-order valence-corrected chi connectivity index (χ4v) is 4.20. The van der Waals surface area contributed by atoms with Crippen molar-refractivity contribution in [3.05, 3.63) is 96.3 Å². The van der Waals surface area contributed by atoms with Crippen LogP contribution in [-0.4, -0.2) is 33.0 Å². The van der Waals surface area contributed by atoms with E-state index in [1.165, 1.54) is 30.0 Å². The molecular weight excluding hydrogens is 458 g/mol. The van der Waals surface area contributed by atoms with E-state index in [0.717, 1.165) is 5.69 Å². The molecule has 0 unspecified atom stereocenters. The van der Waals surface area contributed by atoms with Crippen molar-refractivity contribution in [3.63, 3.8) is 0 Å². The van der Waals surface area contributed by atoms with Crippen molar-refractivity contribution >= 4 is 23.4 Å². The third-order valence-electron chi connectivity index (χ3n) is 4.99. The van der Waals surface area contributed by atoms with Gasteiger partial charge in [-0.25, -0.2) is 8.78 Å². The molecule has 0 aliphatic rings. The van der Waals surface area contributed by atoms with Gasteiger partial charge in [0.2, 0.25) is 5.91 Å². The molecule has 0 spiro atoms. The number of amides is 1. The average molecular weight is 481 g/mol. The topological polar surface area (TPSA) is 60.3 Å². The van der Waals surface area contributed by atoms with E-state index in [2.05, 4.69) is 10.2 Å². The lowest BCUT2D eigenvalue weighted by molar-refractivity contribution is -0.116. The molecule has 1 aromatic heterocycles. The van der Waals surface area contributed by atoms with Gasteiger partial charge in [-0.1, -0.05) is 42.1 Å². The van der Waals surface area contributed by atoms with Gasteiger partial charge in [-0.2, -0.15) is 0 Å². The van der Waals surface area contributed by atoms with Crippen LogP contribution in [0.15, 0.2) is 84.0 Å². The smallest absolute Gasteiger partial charge is 0.237 e. The Balaban J connectivity index is 1.53. The first-order chi connectivity index (χ1) is 16.6. The van der Waals surface area contributed by atoms with Gasteiger partial charge >= 0.3 is 0 Å². The lowest BCUT2D eigenvalue weighted by Crippen LogP contribution is -2.32. The molecule has 9 heteroatoms. The summed E-state index contributed by atoms with van der Waals surface area (Å²) in [5.41, 5.74) is 1.42. The predicted octanol–water partition coefficient (Wildman–Crippen LogP) is 5.27. The fourth-order valence-electron chi connectivity index (χ4n) is 3.36. The normalized spacial score (nSPS) is 10.8. The van der Waals surface area contributed by atoms with Crippen molar-refractivity contribution < 1.29 is 18.3 Å². The quantitative estimate of drug-likeness (QED) is 0.306. The van der Waals surface area contributed by atoms with Crippen LogP contribution >= 0.6 is 11.8 Å². The highest BCUT2D eigenvalue weighted by molar-refractivity contribution is 7.99. The summed E-state index contributed by atoms with van der Waals surface area (Å²) in [6.45, 7) is 2.29. The number of carbonyl (C=O) groups excluding carboxylic acids is 1. The lowest BCUT2D eigenvalue weighted by Gasteiger charge is -2.21. The van der Waals surface area contributed by atoms with E-state index in [9.17, 15) is 13.6 Å². The van der Waals surface area contributed by atoms with Crippen LogP contribution in [-0.2, 0) is 11.4 Å². The standard InChI is InChI=1S/C25H22F2N4O2S/c1-2-30(19-14-12-18(26)13-15-19)24(32)17-34-25-29-28-23(31(25)20-8-4-3-5-9-20)16-33-22-11-7-6-10-21(22)27/h3-15H,2,16-17H2,1H3. The van der Waals surface area contributed by atoms with Crippen molar-refractivity contribution in [3.8, 4) is 11.4 Å². The minimum Gasteiger partial charge on any atom is -0.483 e. The molecule has 0 saturated carbocycles. The van der Waals surface area contributed by atoms with Gasteiger partial charge in [0.25, 0.3) is 0 Å².